The van der Waals surface area contributed by atoms with Crippen molar-refractivity contribution in [2.24, 2.45) is 0 Å². The minimum absolute atomic E-state index is 0.312. The van der Waals surface area contributed by atoms with Gasteiger partial charge in [-0.1, -0.05) is 12.1 Å². The zero-order valence-electron chi connectivity index (χ0n) is 12.1. The largest absolute Gasteiger partial charge is 0.397 e. The number of rotatable bonds is 1. The fraction of sp³-hybridized carbons (Fsp3) is 0.188. The number of nitrogen functional groups attached to an aromatic ring is 1. The van der Waals surface area contributed by atoms with Crippen LogP contribution in [0.5, 0.6) is 0 Å². The summed E-state index contributed by atoms with van der Waals surface area (Å²) in [6.07, 6.45) is 1.47. The second-order valence-corrected chi connectivity index (χ2v) is 5.29. The number of amides is 2. The first-order chi connectivity index (χ1) is 9.91. The van der Waals surface area contributed by atoms with Crippen LogP contribution in [-0.4, -0.2) is 16.8 Å². The molecule has 0 radical (unpaired) electrons. The van der Waals surface area contributed by atoms with E-state index in [0.29, 0.717) is 22.6 Å². The molecular formula is C16H15N3O2. The first kappa shape index (κ1) is 13.3. The second-order valence-electron chi connectivity index (χ2n) is 5.29. The third-order valence-electron chi connectivity index (χ3n) is 3.82. The Morgan fingerprint density at radius 2 is 1.48 bits per heavy atom. The van der Waals surface area contributed by atoms with Crippen LogP contribution in [0.2, 0.25) is 0 Å². The summed E-state index contributed by atoms with van der Waals surface area (Å²) in [5.74, 6) is -0.340. The van der Waals surface area contributed by atoms with Crippen LogP contribution in [-0.2, 0) is 0 Å². The van der Waals surface area contributed by atoms with Gasteiger partial charge in [0.25, 0.3) is 11.8 Å². The fourth-order valence-electron chi connectivity index (χ4n) is 2.56. The maximum atomic E-state index is 12.6. The summed E-state index contributed by atoms with van der Waals surface area (Å²) >= 11 is 0. The van der Waals surface area contributed by atoms with Crippen LogP contribution >= 0.6 is 0 Å². The lowest BCUT2D eigenvalue weighted by Crippen LogP contribution is -2.30. The molecule has 0 fully saturated rings. The van der Waals surface area contributed by atoms with Crippen molar-refractivity contribution in [3.05, 3.63) is 52.2 Å². The van der Waals surface area contributed by atoms with E-state index in [1.807, 2.05) is 32.9 Å². The summed E-state index contributed by atoms with van der Waals surface area (Å²) in [6, 6.07) is 5.36. The molecule has 3 rings (SSSR count). The molecule has 0 saturated carbocycles. The molecule has 0 unspecified atom stereocenters. The number of hydrogen-bond acceptors (Lipinski definition) is 4. The van der Waals surface area contributed by atoms with Crippen molar-refractivity contribution in [1.29, 1.82) is 0 Å². The molecule has 5 nitrogen and oxygen atoms in total. The highest BCUT2D eigenvalue weighted by Gasteiger charge is 2.39. The molecule has 2 N–H and O–H groups in total. The Balaban J connectivity index is 2.18. The average Bonchev–Trinajstić information content (AvgIpc) is 2.70. The van der Waals surface area contributed by atoms with Gasteiger partial charge in [-0.05, 0) is 43.5 Å². The standard InChI is InChI=1S/C16H15N3O2/c1-8-4-5-9(2)14-13(8)15(20)19(16(14)21)12-6-10(3)11(17)7-18-12/h4-7H,17H2,1-3H3. The number of fused-ring (bicyclic) bond motifs is 1. The average molecular weight is 281 g/mol. The summed E-state index contributed by atoms with van der Waals surface area (Å²) in [6.45, 7) is 5.47. The number of nitrogens with zero attached hydrogens (tertiary/aromatic N) is 2. The van der Waals surface area contributed by atoms with Gasteiger partial charge in [0.05, 0.1) is 23.0 Å². The van der Waals surface area contributed by atoms with Gasteiger partial charge in [-0.25, -0.2) is 9.88 Å². The van der Waals surface area contributed by atoms with Gasteiger partial charge >= 0.3 is 0 Å². The molecule has 0 spiro atoms. The van der Waals surface area contributed by atoms with Crippen molar-refractivity contribution >= 4 is 23.3 Å². The Bertz CT molecular complexity index is 755. The molecule has 2 heterocycles. The minimum atomic E-state index is -0.326. The van der Waals surface area contributed by atoms with Crippen molar-refractivity contribution in [2.45, 2.75) is 20.8 Å². The summed E-state index contributed by atoms with van der Waals surface area (Å²) in [7, 11) is 0. The first-order valence-corrected chi connectivity index (χ1v) is 6.63. The van der Waals surface area contributed by atoms with Crippen LogP contribution in [0.3, 0.4) is 0 Å². The summed E-state index contributed by atoms with van der Waals surface area (Å²) < 4.78 is 0. The Kier molecular flexibility index (Phi) is 2.79. The Morgan fingerprint density at radius 3 is 1.95 bits per heavy atom. The lowest BCUT2D eigenvalue weighted by Gasteiger charge is -2.14. The van der Waals surface area contributed by atoms with Crippen LogP contribution in [0, 0.1) is 20.8 Å². The van der Waals surface area contributed by atoms with Gasteiger partial charge in [0.2, 0.25) is 0 Å². The van der Waals surface area contributed by atoms with Gasteiger partial charge in [0.15, 0.2) is 0 Å². The van der Waals surface area contributed by atoms with E-state index in [1.165, 1.54) is 6.20 Å². The highest BCUT2D eigenvalue weighted by Crippen LogP contribution is 2.32. The van der Waals surface area contributed by atoms with Crippen LogP contribution in [0.1, 0.15) is 37.4 Å². The van der Waals surface area contributed by atoms with Crippen LogP contribution in [0.15, 0.2) is 24.4 Å². The predicted octanol–water partition coefficient (Wildman–Crippen LogP) is 2.39. The lowest BCUT2D eigenvalue weighted by molar-refractivity contribution is 0.0925. The van der Waals surface area contributed by atoms with E-state index in [4.69, 9.17) is 5.73 Å². The number of pyridine rings is 1. The summed E-state index contributed by atoms with van der Waals surface area (Å²) in [5, 5.41) is 0. The Morgan fingerprint density at radius 1 is 0.952 bits per heavy atom. The topological polar surface area (TPSA) is 76.3 Å². The number of aryl methyl sites for hydroxylation is 3. The van der Waals surface area contributed by atoms with Crippen LogP contribution in [0.4, 0.5) is 11.5 Å². The number of carbonyl (C=O) groups excluding carboxylic acids is 2. The zero-order chi connectivity index (χ0) is 15.3. The molecule has 21 heavy (non-hydrogen) atoms. The quantitative estimate of drug-likeness (QED) is 0.814. The molecule has 2 amide bonds. The van der Waals surface area contributed by atoms with E-state index in [2.05, 4.69) is 4.98 Å². The third kappa shape index (κ3) is 1.81. The molecule has 1 aliphatic heterocycles. The summed E-state index contributed by atoms with van der Waals surface area (Å²) in [5.41, 5.74) is 9.58. The molecular weight excluding hydrogens is 266 g/mol. The number of hydrogen-bond donors (Lipinski definition) is 1. The second kappa shape index (κ2) is 4.41. The summed E-state index contributed by atoms with van der Waals surface area (Å²) in [4.78, 5) is 30.5. The van der Waals surface area contributed by atoms with Gasteiger partial charge in [-0.2, -0.15) is 0 Å². The molecule has 1 aliphatic rings. The first-order valence-electron chi connectivity index (χ1n) is 6.63. The van der Waals surface area contributed by atoms with E-state index >= 15 is 0 Å². The molecule has 1 aromatic heterocycles. The van der Waals surface area contributed by atoms with Crippen LogP contribution in [0.25, 0.3) is 0 Å². The van der Waals surface area contributed by atoms with Gasteiger partial charge in [-0.3, -0.25) is 9.59 Å². The van der Waals surface area contributed by atoms with Crippen molar-refractivity contribution in [3.63, 3.8) is 0 Å². The molecule has 1 aromatic carbocycles. The molecule has 0 bridgehead atoms. The molecule has 5 heteroatoms. The highest BCUT2D eigenvalue weighted by atomic mass is 16.2. The van der Waals surface area contributed by atoms with Gasteiger partial charge < -0.3 is 5.73 Å². The highest BCUT2D eigenvalue weighted by molar-refractivity contribution is 6.35. The fourth-order valence-corrected chi connectivity index (χ4v) is 2.56. The van der Waals surface area contributed by atoms with Crippen molar-refractivity contribution in [2.75, 3.05) is 10.6 Å². The number of benzene rings is 1. The third-order valence-corrected chi connectivity index (χ3v) is 3.82. The van der Waals surface area contributed by atoms with E-state index < -0.39 is 0 Å². The molecule has 2 aromatic rings. The van der Waals surface area contributed by atoms with Gasteiger partial charge in [0.1, 0.15) is 5.82 Å². The number of imide groups is 1. The molecule has 0 saturated heterocycles. The normalized spacial score (nSPS) is 13.8. The smallest absolute Gasteiger partial charge is 0.267 e. The number of anilines is 2. The van der Waals surface area contributed by atoms with E-state index in [-0.39, 0.29) is 11.8 Å². The molecule has 0 aliphatic carbocycles. The number of aromatic nitrogens is 1. The predicted molar refractivity (Wildman–Crippen MR) is 80.4 cm³/mol. The lowest BCUT2D eigenvalue weighted by atomic mass is 9.99. The maximum Gasteiger partial charge on any atom is 0.267 e. The monoisotopic (exact) mass is 281 g/mol. The zero-order valence-corrected chi connectivity index (χ0v) is 12.1. The SMILES string of the molecule is Cc1cc(N2C(=O)c3c(C)ccc(C)c3C2=O)ncc1N. The number of nitrogens with two attached hydrogens (primary N) is 1. The van der Waals surface area contributed by atoms with Crippen molar-refractivity contribution in [1.82, 2.24) is 4.98 Å². The minimum Gasteiger partial charge on any atom is -0.397 e. The Hall–Kier alpha value is -2.69. The maximum absolute atomic E-state index is 12.6. The van der Waals surface area contributed by atoms with E-state index in [0.717, 1.165) is 21.6 Å². The van der Waals surface area contributed by atoms with Crippen molar-refractivity contribution < 1.29 is 9.59 Å². The van der Waals surface area contributed by atoms with Crippen molar-refractivity contribution in [3.8, 4) is 0 Å². The van der Waals surface area contributed by atoms with E-state index in [9.17, 15) is 9.59 Å². The van der Waals surface area contributed by atoms with Crippen LogP contribution < -0.4 is 10.6 Å². The van der Waals surface area contributed by atoms with E-state index in [1.54, 1.807) is 6.07 Å². The van der Waals surface area contributed by atoms with Gasteiger partial charge in [0, 0.05) is 0 Å². The Labute approximate surface area is 122 Å². The number of carbonyl (C=O) groups is 2. The molecule has 106 valence electrons. The van der Waals surface area contributed by atoms with Gasteiger partial charge in [-0.15, -0.1) is 0 Å². The molecule has 0 atom stereocenters.